The number of carbonyl (C=O) groups excluding carboxylic acids is 2. The summed E-state index contributed by atoms with van der Waals surface area (Å²) in [6, 6.07) is 0. The van der Waals surface area contributed by atoms with E-state index in [1.165, 1.54) is 11.3 Å². The van der Waals surface area contributed by atoms with Gasteiger partial charge < -0.3 is 15.4 Å². The number of carbonyl (C=O) groups is 2. The lowest BCUT2D eigenvalue weighted by atomic mass is 10.1. The minimum Gasteiger partial charge on any atom is -0.461 e. The molecule has 0 fully saturated rings. The molecule has 0 radical (unpaired) electrons. The van der Waals surface area contributed by atoms with Crippen molar-refractivity contribution in [2.75, 3.05) is 18.5 Å². The summed E-state index contributed by atoms with van der Waals surface area (Å²) in [7, 11) is 0. The third kappa shape index (κ3) is 6.12. The summed E-state index contributed by atoms with van der Waals surface area (Å²) < 4.78 is 4.93. The molecule has 0 spiro atoms. The minimum atomic E-state index is -0.412. The van der Waals surface area contributed by atoms with Crippen molar-refractivity contribution < 1.29 is 14.3 Å². The van der Waals surface area contributed by atoms with Gasteiger partial charge in [0.1, 0.15) is 0 Å². The molecule has 6 nitrogen and oxygen atoms in total. The van der Waals surface area contributed by atoms with Crippen LogP contribution in [0.2, 0.25) is 0 Å². The zero-order valence-electron chi connectivity index (χ0n) is 13.2. The number of aromatic nitrogens is 1. The van der Waals surface area contributed by atoms with Crippen molar-refractivity contribution in [1.29, 1.82) is 0 Å². The van der Waals surface area contributed by atoms with Gasteiger partial charge in [-0.15, -0.1) is 11.3 Å². The van der Waals surface area contributed by atoms with E-state index in [-0.39, 0.29) is 11.4 Å². The van der Waals surface area contributed by atoms with Crippen LogP contribution in [0.1, 0.15) is 49.5 Å². The van der Waals surface area contributed by atoms with E-state index in [4.69, 9.17) is 4.74 Å². The molecule has 1 rings (SSSR count). The molecular weight excluding hydrogens is 290 g/mol. The van der Waals surface area contributed by atoms with E-state index >= 15 is 0 Å². The van der Waals surface area contributed by atoms with E-state index in [1.54, 1.807) is 6.92 Å². The number of thiazole rings is 1. The van der Waals surface area contributed by atoms with E-state index in [9.17, 15) is 9.59 Å². The van der Waals surface area contributed by atoms with Crippen LogP contribution in [-0.4, -0.2) is 35.6 Å². The Hall–Kier alpha value is -1.63. The van der Waals surface area contributed by atoms with E-state index in [2.05, 4.69) is 15.6 Å². The molecule has 0 saturated heterocycles. The average Bonchev–Trinajstić information content (AvgIpc) is 2.68. The number of nitrogens with zero attached hydrogens (tertiary/aromatic N) is 1. The molecule has 1 amide bonds. The van der Waals surface area contributed by atoms with Crippen LogP contribution >= 0.6 is 11.3 Å². The Morgan fingerprint density at radius 1 is 1.33 bits per heavy atom. The third-order valence-corrected chi connectivity index (χ3v) is 3.34. The summed E-state index contributed by atoms with van der Waals surface area (Å²) in [6.07, 6.45) is 0.352. The van der Waals surface area contributed by atoms with Crippen LogP contribution in [-0.2, 0) is 9.53 Å². The molecule has 0 unspecified atom stereocenters. The fourth-order valence-corrected chi connectivity index (χ4v) is 2.45. The molecule has 0 atom stereocenters. The Morgan fingerprint density at radius 2 is 2.00 bits per heavy atom. The number of amides is 1. The van der Waals surface area contributed by atoms with Gasteiger partial charge in [-0.1, -0.05) is 0 Å². The number of aryl methyl sites for hydroxylation is 1. The Labute approximate surface area is 129 Å². The van der Waals surface area contributed by atoms with Crippen LogP contribution < -0.4 is 10.6 Å². The number of hydrogen-bond acceptors (Lipinski definition) is 6. The van der Waals surface area contributed by atoms with Gasteiger partial charge in [-0.2, -0.15) is 0 Å². The summed E-state index contributed by atoms with van der Waals surface area (Å²) in [5.74, 6) is -0.432. The summed E-state index contributed by atoms with van der Waals surface area (Å²) in [6.45, 7) is 10.2. The standard InChI is InChI=1S/C14H23N3O3S/c1-6-20-12(19)11-9(2)21-13(16-11)15-8-7-10(18)17-14(3,4)5/h6-8H2,1-5H3,(H,15,16)(H,17,18). The lowest BCUT2D eigenvalue weighted by Crippen LogP contribution is -2.41. The molecule has 0 aromatic carbocycles. The molecule has 1 aromatic rings. The summed E-state index contributed by atoms with van der Waals surface area (Å²) >= 11 is 1.38. The molecule has 118 valence electrons. The van der Waals surface area contributed by atoms with Gasteiger partial charge in [0.2, 0.25) is 5.91 Å². The highest BCUT2D eigenvalue weighted by atomic mass is 32.1. The highest BCUT2D eigenvalue weighted by molar-refractivity contribution is 7.15. The van der Waals surface area contributed by atoms with Gasteiger partial charge in [0.05, 0.1) is 6.61 Å². The molecular formula is C14H23N3O3S. The second-order valence-corrected chi connectivity index (χ2v) is 6.82. The predicted molar refractivity (Wildman–Crippen MR) is 83.8 cm³/mol. The topological polar surface area (TPSA) is 80.3 Å². The van der Waals surface area contributed by atoms with Crippen LogP contribution in [0.5, 0.6) is 0 Å². The maximum absolute atomic E-state index is 11.7. The monoisotopic (exact) mass is 313 g/mol. The maximum Gasteiger partial charge on any atom is 0.358 e. The lowest BCUT2D eigenvalue weighted by molar-refractivity contribution is -0.122. The van der Waals surface area contributed by atoms with Gasteiger partial charge in [-0.3, -0.25) is 4.79 Å². The van der Waals surface area contributed by atoms with Crippen LogP contribution in [0.25, 0.3) is 0 Å². The molecule has 0 aliphatic heterocycles. The molecule has 7 heteroatoms. The van der Waals surface area contributed by atoms with Gasteiger partial charge in [0.25, 0.3) is 0 Å². The van der Waals surface area contributed by atoms with Crippen LogP contribution in [0.4, 0.5) is 5.13 Å². The molecule has 1 heterocycles. The molecule has 2 N–H and O–H groups in total. The number of hydrogen-bond donors (Lipinski definition) is 2. The van der Waals surface area contributed by atoms with Crippen molar-refractivity contribution in [3.63, 3.8) is 0 Å². The number of nitrogens with one attached hydrogen (secondary N) is 2. The van der Waals surface area contributed by atoms with E-state index in [0.29, 0.717) is 30.4 Å². The zero-order chi connectivity index (χ0) is 16.0. The molecule has 0 bridgehead atoms. The van der Waals surface area contributed by atoms with Gasteiger partial charge in [-0.25, -0.2) is 9.78 Å². The van der Waals surface area contributed by atoms with Crippen LogP contribution in [0.15, 0.2) is 0 Å². The highest BCUT2D eigenvalue weighted by Gasteiger charge is 2.17. The fourth-order valence-electron chi connectivity index (χ4n) is 1.62. The van der Waals surface area contributed by atoms with Crippen molar-refractivity contribution in [3.05, 3.63) is 10.6 Å². The van der Waals surface area contributed by atoms with Gasteiger partial charge in [0.15, 0.2) is 10.8 Å². The molecule has 1 aromatic heterocycles. The van der Waals surface area contributed by atoms with Crippen molar-refractivity contribution in [1.82, 2.24) is 10.3 Å². The first-order valence-electron chi connectivity index (χ1n) is 6.92. The SMILES string of the molecule is CCOC(=O)c1nc(NCCC(=O)NC(C)(C)C)sc1C. The fraction of sp³-hybridized carbons (Fsp3) is 0.643. The van der Waals surface area contributed by atoms with E-state index in [1.807, 2.05) is 27.7 Å². The smallest absolute Gasteiger partial charge is 0.358 e. The Morgan fingerprint density at radius 3 is 2.57 bits per heavy atom. The predicted octanol–water partition coefficient (Wildman–Crippen LogP) is 2.34. The van der Waals surface area contributed by atoms with Crippen LogP contribution in [0.3, 0.4) is 0 Å². The van der Waals surface area contributed by atoms with E-state index < -0.39 is 5.97 Å². The molecule has 21 heavy (non-hydrogen) atoms. The second kappa shape index (κ2) is 7.40. The first-order valence-corrected chi connectivity index (χ1v) is 7.74. The minimum absolute atomic E-state index is 0.0195. The highest BCUT2D eigenvalue weighted by Crippen LogP contribution is 2.22. The summed E-state index contributed by atoms with van der Waals surface area (Å²) in [5, 5.41) is 6.57. The Balaban J connectivity index is 2.48. The second-order valence-electron chi connectivity index (χ2n) is 5.62. The van der Waals surface area contributed by atoms with Crippen LogP contribution in [0, 0.1) is 6.92 Å². The molecule has 0 aliphatic carbocycles. The van der Waals surface area contributed by atoms with E-state index in [0.717, 1.165) is 4.88 Å². The zero-order valence-corrected chi connectivity index (χ0v) is 14.0. The lowest BCUT2D eigenvalue weighted by Gasteiger charge is -2.20. The number of rotatable bonds is 6. The van der Waals surface area contributed by atoms with Gasteiger partial charge >= 0.3 is 5.97 Å². The van der Waals surface area contributed by atoms with Crippen molar-refractivity contribution >= 4 is 28.3 Å². The first kappa shape index (κ1) is 17.4. The number of ether oxygens (including phenoxy) is 1. The quantitative estimate of drug-likeness (QED) is 0.788. The Bertz CT molecular complexity index is 506. The maximum atomic E-state index is 11.7. The molecule has 0 aliphatic rings. The normalized spacial score (nSPS) is 11.1. The van der Waals surface area contributed by atoms with Crippen molar-refractivity contribution in [3.8, 4) is 0 Å². The Kier molecular flexibility index (Phi) is 6.14. The number of esters is 1. The van der Waals surface area contributed by atoms with Crippen molar-refractivity contribution in [2.45, 2.75) is 46.6 Å². The van der Waals surface area contributed by atoms with Gasteiger partial charge in [-0.05, 0) is 34.6 Å². The summed E-state index contributed by atoms with van der Waals surface area (Å²) in [5.41, 5.74) is 0.106. The molecule has 0 saturated carbocycles. The van der Waals surface area contributed by atoms with Gasteiger partial charge in [0, 0.05) is 23.4 Å². The van der Waals surface area contributed by atoms with Crippen molar-refractivity contribution in [2.24, 2.45) is 0 Å². The first-order chi connectivity index (χ1) is 9.73. The largest absolute Gasteiger partial charge is 0.461 e. The summed E-state index contributed by atoms with van der Waals surface area (Å²) in [4.78, 5) is 28.3. The number of anilines is 1. The average molecular weight is 313 g/mol. The third-order valence-electron chi connectivity index (χ3n) is 2.41.